The first-order valence-corrected chi connectivity index (χ1v) is 11.2. The molecular weight excluding hydrogens is 492 g/mol. The molecule has 182 valence electrons. The molecule has 0 aromatic heterocycles. The fourth-order valence-corrected chi connectivity index (χ4v) is 5.26. The summed E-state index contributed by atoms with van der Waals surface area (Å²) in [6.45, 7) is 2.00. The first kappa shape index (κ1) is 27.4. The third kappa shape index (κ3) is 5.81. The molecule has 4 rings (SSSR count). The molecule has 2 saturated heterocycles. The fourth-order valence-electron chi connectivity index (χ4n) is 4.35. The maximum Gasteiger partial charge on any atom is 0.407 e. The molecule has 2 N–H and O–H groups in total. The van der Waals surface area contributed by atoms with E-state index in [2.05, 4.69) is 10.4 Å². The summed E-state index contributed by atoms with van der Waals surface area (Å²) in [4.78, 5) is 32.4. The van der Waals surface area contributed by atoms with Crippen LogP contribution in [0.4, 0.5) is 9.18 Å². The standard InChI is InChI=1S/C21H26FN5O3S.2ClH/c1-25(2)16-7-10-26(21(29)30)18(16)15-12-14(22)6-5-13(15)11-17-19(28)24-20(31-17)27-9-4-3-8-23-27;;/h5-6,11-12,16,18,23H,3-4,7-10H2,1-2H3,(H,29,30);2*1H/b17-11+;;/t16-,18?;;/m0../s1. The van der Waals surface area contributed by atoms with E-state index in [4.69, 9.17) is 0 Å². The van der Waals surface area contributed by atoms with Crippen molar-refractivity contribution in [2.24, 2.45) is 4.99 Å². The van der Waals surface area contributed by atoms with Gasteiger partial charge in [-0.05, 0) is 74.5 Å². The lowest BCUT2D eigenvalue weighted by molar-refractivity contribution is -0.113. The smallest absolute Gasteiger partial charge is 0.407 e. The number of thioether (sulfide) groups is 1. The summed E-state index contributed by atoms with van der Waals surface area (Å²) in [7, 11) is 3.78. The van der Waals surface area contributed by atoms with Gasteiger partial charge in [-0.3, -0.25) is 14.7 Å². The predicted molar refractivity (Wildman–Crippen MR) is 132 cm³/mol. The number of aliphatic imine (C=N–C) groups is 1. The van der Waals surface area contributed by atoms with Gasteiger partial charge in [-0.2, -0.15) is 4.99 Å². The average Bonchev–Trinajstić information content (AvgIpc) is 3.34. The summed E-state index contributed by atoms with van der Waals surface area (Å²) in [6.07, 6.45) is 3.43. The molecule has 33 heavy (non-hydrogen) atoms. The van der Waals surface area contributed by atoms with E-state index in [0.717, 1.165) is 25.9 Å². The van der Waals surface area contributed by atoms with Crippen molar-refractivity contribution in [2.45, 2.75) is 31.3 Å². The number of nitrogens with one attached hydrogen (secondary N) is 1. The molecule has 3 heterocycles. The van der Waals surface area contributed by atoms with Crippen molar-refractivity contribution in [3.63, 3.8) is 0 Å². The Bertz CT molecular complexity index is 956. The lowest BCUT2D eigenvalue weighted by atomic mass is 9.94. The number of rotatable bonds is 3. The van der Waals surface area contributed by atoms with Gasteiger partial charge >= 0.3 is 6.09 Å². The number of likely N-dealkylation sites (N-methyl/N-ethyl adjacent to an activating group) is 1. The number of carboxylic acid groups (broad SMARTS) is 1. The third-order valence-corrected chi connectivity index (χ3v) is 6.89. The van der Waals surface area contributed by atoms with Gasteiger partial charge in [0.25, 0.3) is 5.91 Å². The molecule has 3 aliphatic heterocycles. The number of nitrogens with zero attached hydrogens (tertiary/aromatic N) is 4. The number of likely N-dealkylation sites (tertiary alicyclic amines) is 1. The highest BCUT2D eigenvalue weighted by atomic mass is 35.5. The van der Waals surface area contributed by atoms with Crippen LogP contribution in [0.3, 0.4) is 0 Å². The summed E-state index contributed by atoms with van der Waals surface area (Å²) >= 11 is 1.28. The highest BCUT2D eigenvalue weighted by Gasteiger charge is 2.40. The number of hydrogen-bond donors (Lipinski definition) is 2. The molecule has 0 saturated carbocycles. The maximum absolute atomic E-state index is 14.2. The molecule has 1 unspecified atom stereocenters. The predicted octanol–water partition coefficient (Wildman–Crippen LogP) is 3.60. The Labute approximate surface area is 209 Å². The Morgan fingerprint density at radius 3 is 2.70 bits per heavy atom. The molecule has 8 nitrogen and oxygen atoms in total. The summed E-state index contributed by atoms with van der Waals surface area (Å²) < 4.78 is 14.2. The zero-order valence-corrected chi connectivity index (χ0v) is 20.8. The zero-order chi connectivity index (χ0) is 22.1. The van der Waals surface area contributed by atoms with Crippen LogP contribution < -0.4 is 5.43 Å². The van der Waals surface area contributed by atoms with E-state index in [9.17, 15) is 19.1 Å². The summed E-state index contributed by atoms with van der Waals surface area (Å²) in [5.74, 6) is -0.778. The number of amidine groups is 1. The van der Waals surface area contributed by atoms with E-state index in [1.807, 2.05) is 24.0 Å². The van der Waals surface area contributed by atoms with Crippen LogP contribution in [0.25, 0.3) is 6.08 Å². The summed E-state index contributed by atoms with van der Waals surface area (Å²) in [5.41, 5.74) is 4.43. The maximum atomic E-state index is 14.2. The number of hydrazine groups is 1. The molecule has 1 aromatic carbocycles. The van der Waals surface area contributed by atoms with Gasteiger partial charge in [0.2, 0.25) is 0 Å². The average molecular weight is 520 g/mol. The van der Waals surface area contributed by atoms with E-state index in [1.165, 1.54) is 28.8 Å². The Kier molecular flexibility index (Phi) is 9.57. The fraction of sp³-hybridized carbons (Fsp3) is 0.476. The molecule has 2 atom stereocenters. The highest BCUT2D eigenvalue weighted by molar-refractivity contribution is 8.18. The van der Waals surface area contributed by atoms with E-state index < -0.39 is 18.0 Å². The van der Waals surface area contributed by atoms with Crippen molar-refractivity contribution in [2.75, 3.05) is 33.7 Å². The summed E-state index contributed by atoms with van der Waals surface area (Å²) in [6, 6.07) is 3.70. The molecule has 0 bridgehead atoms. The van der Waals surface area contributed by atoms with Crippen LogP contribution in [0, 0.1) is 5.82 Å². The van der Waals surface area contributed by atoms with Crippen LogP contribution in [-0.2, 0) is 4.79 Å². The van der Waals surface area contributed by atoms with Crippen molar-refractivity contribution in [1.82, 2.24) is 20.2 Å². The Hall–Kier alpha value is -1.85. The minimum absolute atomic E-state index is 0. The van der Waals surface area contributed by atoms with Crippen molar-refractivity contribution in [3.05, 3.63) is 40.0 Å². The van der Waals surface area contributed by atoms with Gasteiger partial charge in [-0.25, -0.2) is 14.6 Å². The first-order chi connectivity index (χ1) is 14.8. The second-order valence-corrected chi connectivity index (χ2v) is 9.10. The molecule has 0 spiro atoms. The third-order valence-electron chi connectivity index (χ3n) is 5.88. The van der Waals surface area contributed by atoms with E-state index in [-0.39, 0.29) is 36.8 Å². The second kappa shape index (κ2) is 11.5. The van der Waals surface area contributed by atoms with Crippen molar-refractivity contribution in [1.29, 1.82) is 0 Å². The van der Waals surface area contributed by atoms with Gasteiger partial charge < -0.3 is 10.0 Å². The normalized spacial score (nSPS) is 24.1. The van der Waals surface area contributed by atoms with E-state index in [1.54, 1.807) is 12.1 Å². The van der Waals surface area contributed by atoms with Gasteiger partial charge in [-0.15, -0.1) is 24.8 Å². The van der Waals surface area contributed by atoms with Crippen molar-refractivity contribution < 1.29 is 19.1 Å². The van der Waals surface area contributed by atoms with Crippen LogP contribution >= 0.6 is 36.6 Å². The highest BCUT2D eigenvalue weighted by Crippen LogP contribution is 2.39. The SMILES string of the molecule is CN(C)[C@H]1CCN(C(=O)O)C1c1cc(F)ccc1/C=C1/SC(N2CCCCN2)=NC1=O.Cl.Cl. The lowest BCUT2D eigenvalue weighted by Crippen LogP contribution is -2.45. The molecule has 2 amide bonds. The molecule has 12 heteroatoms. The molecule has 3 aliphatic rings. The van der Waals surface area contributed by atoms with Crippen molar-refractivity contribution in [3.8, 4) is 0 Å². The van der Waals surface area contributed by atoms with Crippen molar-refractivity contribution >= 4 is 59.8 Å². The number of benzene rings is 1. The molecular formula is C21H28Cl2FN5O3S. The van der Waals surface area contributed by atoms with Gasteiger partial charge in [0.15, 0.2) is 5.17 Å². The second-order valence-electron chi connectivity index (χ2n) is 8.09. The Morgan fingerprint density at radius 2 is 2.06 bits per heavy atom. The largest absolute Gasteiger partial charge is 0.465 e. The Balaban J connectivity index is 0.00000193. The number of hydrogen-bond acceptors (Lipinski definition) is 6. The molecule has 1 aromatic rings. The monoisotopic (exact) mass is 519 g/mol. The van der Waals surface area contributed by atoms with Crippen LogP contribution in [0.15, 0.2) is 28.1 Å². The van der Waals surface area contributed by atoms with Gasteiger partial charge in [0.05, 0.1) is 10.9 Å². The lowest BCUT2D eigenvalue weighted by Gasteiger charge is -2.31. The first-order valence-electron chi connectivity index (χ1n) is 10.3. The topological polar surface area (TPSA) is 88.5 Å². The van der Waals surface area contributed by atoms with Gasteiger partial charge in [0, 0.05) is 25.7 Å². The van der Waals surface area contributed by atoms with Gasteiger partial charge in [0.1, 0.15) is 5.82 Å². The number of carbonyl (C=O) groups excluding carboxylic acids is 1. The minimum Gasteiger partial charge on any atom is -0.465 e. The van der Waals surface area contributed by atoms with Crippen LogP contribution in [0.2, 0.25) is 0 Å². The van der Waals surface area contributed by atoms with Crippen LogP contribution in [0.1, 0.15) is 36.4 Å². The van der Waals surface area contributed by atoms with E-state index in [0.29, 0.717) is 34.2 Å². The quantitative estimate of drug-likeness (QED) is 0.589. The molecule has 2 fully saturated rings. The summed E-state index contributed by atoms with van der Waals surface area (Å²) in [5, 5.41) is 12.2. The van der Waals surface area contributed by atoms with Gasteiger partial charge in [-0.1, -0.05) is 6.07 Å². The minimum atomic E-state index is -1.04. The molecule has 0 radical (unpaired) electrons. The van der Waals surface area contributed by atoms with Crippen LogP contribution in [-0.4, -0.2) is 76.9 Å². The molecule has 0 aliphatic carbocycles. The zero-order valence-electron chi connectivity index (χ0n) is 18.4. The number of halogens is 3. The number of amides is 2. The van der Waals surface area contributed by atoms with E-state index >= 15 is 0 Å². The van der Waals surface area contributed by atoms with Crippen LogP contribution in [0.5, 0.6) is 0 Å². The Morgan fingerprint density at radius 1 is 1.30 bits per heavy atom. The number of carbonyl (C=O) groups is 2.